The van der Waals surface area contributed by atoms with Gasteiger partial charge in [-0.1, -0.05) is 18.5 Å². The van der Waals surface area contributed by atoms with Gasteiger partial charge in [0.05, 0.1) is 27.8 Å². The van der Waals surface area contributed by atoms with Crippen LogP contribution in [0.15, 0.2) is 35.2 Å². The Balaban J connectivity index is 1.92. The predicted molar refractivity (Wildman–Crippen MR) is 125 cm³/mol. The van der Waals surface area contributed by atoms with E-state index >= 15 is 0 Å². The number of benzene rings is 2. The maximum atomic E-state index is 13.9. The van der Waals surface area contributed by atoms with Crippen molar-refractivity contribution < 1.29 is 26.4 Å². The molecule has 1 heterocycles. The van der Waals surface area contributed by atoms with Gasteiger partial charge in [-0.25, -0.2) is 8.42 Å². The molecular weight excluding hydrogens is 505 g/mol. The molecule has 0 unspecified atom stereocenters. The van der Waals surface area contributed by atoms with Gasteiger partial charge in [-0.05, 0) is 41.5 Å². The molecule has 1 amide bonds. The molecule has 0 bridgehead atoms. The van der Waals surface area contributed by atoms with Crippen LogP contribution in [0, 0.1) is 11.3 Å². The Morgan fingerprint density at radius 3 is 2.51 bits per heavy atom. The number of nitriles is 1. The summed E-state index contributed by atoms with van der Waals surface area (Å²) in [6.45, 7) is 3.45. The molecule has 1 aliphatic heterocycles. The normalized spacial score (nSPS) is 15.0. The first-order chi connectivity index (χ1) is 16.5. The molecule has 0 radical (unpaired) electrons. The topological polar surface area (TPSA) is 102 Å². The maximum Gasteiger partial charge on any atom is 0.416 e. The second kappa shape index (κ2) is 11.0. The third kappa shape index (κ3) is 6.52. The Bertz CT molecular complexity index is 1250. The average Bonchev–Trinajstić information content (AvgIpc) is 2.82. The lowest BCUT2D eigenvalue weighted by Crippen LogP contribution is -2.43. The molecule has 1 saturated heterocycles. The van der Waals surface area contributed by atoms with Crippen LogP contribution in [0.25, 0.3) is 0 Å². The molecule has 0 atom stereocenters. The van der Waals surface area contributed by atoms with Gasteiger partial charge in [0.25, 0.3) is 5.91 Å². The number of carbonyl (C=O) groups is 1. The molecule has 0 spiro atoms. The van der Waals surface area contributed by atoms with E-state index in [9.17, 15) is 31.6 Å². The minimum Gasteiger partial charge on any atom is -0.348 e. The van der Waals surface area contributed by atoms with E-state index in [2.05, 4.69) is 10.6 Å². The molecule has 2 aromatic rings. The molecule has 35 heavy (non-hydrogen) atoms. The zero-order valence-corrected chi connectivity index (χ0v) is 20.4. The molecule has 12 heteroatoms. The number of rotatable bonds is 7. The Morgan fingerprint density at radius 2 is 1.91 bits per heavy atom. The number of nitrogens with zero attached hydrogens (tertiary/aromatic N) is 2. The van der Waals surface area contributed by atoms with E-state index in [1.54, 1.807) is 6.07 Å². The van der Waals surface area contributed by atoms with Gasteiger partial charge in [0, 0.05) is 49.9 Å². The van der Waals surface area contributed by atoms with Gasteiger partial charge in [-0.3, -0.25) is 9.69 Å². The van der Waals surface area contributed by atoms with Gasteiger partial charge >= 0.3 is 6.18 Å². The fourth-order valence-corrected chi connectivity index (χ4v) is 5.15. The number of hydrogen-bond acceptors (Lipinski definition) is 6. The average molecular weight is 529 g/mol. The highest BCUT2D eigenvalue weighted by Gasteiger charge is 2.36. The molecule has 2 aromatic carbocycles. The third-order valence-corrected chi connectivity index (χ3v) is 7.77. The lowest BCUT2D eigenvalue weighted by Gasteiger charge is -2.28. The SMILES string of the molecule is CCS(=O)(=O)c1ccc(Cl)cc1CNC(=O)c1cc(C#N)c(CN2CCNCC2)c(C(F)(F)F)c1. The maximum absolute atomic E-state index is 13.9. The lowest BCUT2D eigenvalue weighted by atomic mass is 9.96. The van der Waals surface area contributed by atoms with Gasteiger partial charge in [0.1, 0.15) is 0 Å². The van der Waals surface area contributed by atoms with E-state index in [0.717, 1.165) is 12.1 Å². The standard InChI is InChI=1S/C23H24ClF3N4O3S/c1-2-35(33,34)21-4-3-18(24)10-17(21)13-30-22(32)15-9-16(12-28)19(20(11-15)23(25,26)27)14-31-7-5-29-6-8-31/h3-4,9-11,29H,2,5-8,13-14H2,1H3,(H,30,32). The van der Waals surface area contributed by atoms with Gasteiger partial charge in [0.2, 0.25) is 0 Å². The van der Waals surface area contributed by atoms with Crippen molar-refractivity contribution in [3.05, 3.63) is 63.2 Å². The van der Waals surface area contributed by atoms with E-state index in [-0.39, 0.29) is 51.0 Å². The summed E-state index contributed by atoms with van der Waals surface area (Å²) < 4.78 is 66.5. The van der Waals surface area contributed by atoms with Crippen molar-refractivity contribution in [2.45, 2.75) is 31.1 Å². The smallest absolute Gasteiger partial charge is 0.348 e. The van der Waals surface area contributed by atoms with Crippen LogP contribution in [0.4, 0.5) is 13.2 Å². The van der Waals surface area contributed by atoms with Crippen LogP contribution < -0.4 is 10.6 Å². The number of hydrogen-bond donors (Lipinski definition) is 2. The minimum absolute atomic E-state index is 0.0234. The van der Waals surface area contributed by atoms with Crippen LogP contribution in [0.3, 0.4) is 0 Å². The van der Waals surface area contributed by atoms with Crippen molar-refractivity contribution in [2.75, 3.05) is 31.9 Å². The summed E-state index contributed by atoms with van der Waals surface area (Å²) in [4.78, 5) is 14.6. The molecule has 1 fully saturated rings. The van der Waals surface area contributed by atoms with E-state index in [1.807, 2.05) is 4.90 Å². The Kier molecular flexibility index (Phi) is 8.43. The number of halogens is 4. The van der Waals surface area contributed by atoms with Crippen molar-refractivity contribution >= 4 is 27.3 Å². The van der Waals surface area contributed by atoms with Gasteiger partial charge in [0.15, 0.2) is 9.84 Å². The summed E-state index contributed by atoms with van der Waals surface area (Å²) in [5.74, 6) is -1.05. The number of alkyl halides is 3. The fourth-order valence-electron chi connectivity index (χ4n) is 3.84. The lowest BCUT2D eigenvalue weighted by molar-refractivity contribution is -0.138. The first kappa shape index (κ1) is 26.9. The minimum atomic E-state index is -4.78. The highest BCUT2D eigenvalue weighted by molar-refractivity contribution is 7.91. The van der Waals surface area contributed by atoms with Crippen molar-refractivity contribution in [3.8, 4) is 6.07 Å². The van der Waals surface area contributed by atoms with Gasteiger partial charge in [-0.15, -0.1) is 0 Å². The molecule has 7 nitrogen and oxygen atoms in total. The zero-order chi connectivity index (χ0) is 25.8. The van der Waals surface area contributed by atoms with Crippen molar-refractivity contribution in [3.63, 3.8) is 0 Å². The van der Waals surface area contributed by atoms with Crippen LogP contribution in [0.5, 0.6) is 0 Å². The van der Waals surface area contributed by atoms with Crippen LogP contribution in [-0.2, 0) is 29.1 Å². The van der Waals surface area contributed by atoms with Crippen LogP contribution in [-0.4, -0.2) is 51.2 Å². The highest BCUT2D eigenvalue weighted by atomic mass is 35.5. The summed E-state index contributed by atoms with van der Waals surface area (Å²) in [6.07, 6.45) is -4.78. The Hall–Kier alpha value is -2.65. The van der Waals surface area contributed by atoms with Crippen molar-refractivity contribution in [1.82, 2.24) is 15.5 Å². The molecule has 2 N–H and O–H groups in total. The van der Waals surface area contributed by atoms with E-state index in [4.69, 9.17) is 11.6 Å². The Morgan fingerprint density at radius 1 is 1.23 bits per heavy atom. The number of sulfone groups is 1. The first-order valence-electron chi connectivity index (χ1n) is 10.8. The second-order valence-electron chi connectivity index (χ2n) is 8.02. The molecule has 0 saturated carbocycles. The molecular formula is C23H24ClF3N4O3S. The third-order valence-electron chi connectivity index (χ3n) is 5.71. The monoisotopic (exact) mass is 528 g/mol. The molecule has 1 aliphatic rings. The highest BCUT2D eigenvalue weighted by Crippen LogP contribution is 2.35. The zero-order valence-electron chi connectivity index (χ0n) is 18.9. The largest absolute Gasteiger partial charge is 0.416 e. The van der Waals surface area contributed by atoms with Crippen LogP contribution in [0.1, 0.15) is 39.5 Å². The van der Waals surface area contributed by atoms with Crippen molar-refractivity contribution in [2.24, 2.45) is 0 Å². The first-order valence-corrected chi connectivity index (χ1v) is 12.9. The predicted octanol–water partition coefficient (Wildman–Crippen LogP) is 3.36. The summed E-state index contributed by atoms with van der Waals surface area (Å²) in [7, 11) is -3.63. The van der Waals surface area contributed by atoms with Gasteiger partial charge in [-0.2, -0.15) is 18.4 Å². The van der Waals surface area contributed by atoms with Gasteiger partial charge < -0.3 is 10.6 Å². The summed E-state index contributed by atoms with van der Waals surface area (Å²) in [5, 5.41) is 15.4. The van der Waals surface area contributed by atoms with Crippen molar-refractivity contribution in [1.29, 1.82) is 5.26 Å². The molecule has 188 valence electrons. The van der Waals surface area contributed by atoms with Crippen LogP contribution >= 0.6 is 11.6 Å². The number of piperazine rings is 1. The molecule has 0 aliphatic carbocycles. The fraction of sp³-hybridized carbons (Fsp3) is 0.391. The van der Waals surface area contributed by atoms with E-state index < -0.39 is 27.5 Å². The number of nitrogens with one attached hydrogen (secondary N) is 2. The van der Waals surface area contributed by atoms with E-state index in [0.29, 0.717) is 26.2 Å². The summed E-state index contributed by atoms with van der Waals surface area (Å²) >= 11 is 5.97. The van der Waals surface area contributed by atoms with Crippen LogP contribution in [0.2, 0.25) is 5.02 Å². The summed E-state index contributed by atoms with van der Waals surface area (Å²) in [6, 6.07) is 7.76. The second-order valence-corrected chi connectivity index (χ2v) is 10.7. The van der Waals surface area contributed by atoms with E-state index in [1.165, 1.54) is 25.1 Å². The quantitative estimate of drug-likeness (QED) is 0.571. The Labute approximate surface area is 206 Å². The molecule has 3 rings (SSSR count). The summed E-state index contributed by atoms with van der Waals surface area (Å²) in [5.41, 5.74) is -1.60. The molecule has 0 aromatic heterocycles. The number of carbonyl (C=O) groups excluding carboxylic acids is 1. The number of amides is 1.